The number of hydrogen-bond donors (Lipinski definition) is 0. The van der Waals surface area contributed by atoms with Crippen molar-refractivity contribution in [3.63, 3.8) is 0 Å². The highest BCUT2D eigenvalue weighted by Crippen LogP contribution is 2.61. The van der Waals surface area contributed by atoms with E-state index in [0.717, 1.165) is 30.1 Å². The molecule has 0 saturated heterocycles. The average Bonchev–Trinajstić information content (AvgIpc) is 2.65. The lowest BCUT2D eigenvalue weighted by molar-refractivity contribution is -0.124. The quantitative estimate of drug-likeness (QED) is 0.537. The number of ketones is 1. The number of Topliss-reactive ketones (excluding diaryl/α,β-unsaturated/α-hetero) is 1. The molecule has 2 atom stereocenters. The van der Waals surface area contributed by atoms with E-state index >= 15 is 0 Å². The Balaban J connectivity index is 1.80. The molecule has 0 heterocycles. The van der Waals surface area contributed by atoms with Gasteiger partial charge in [-0.05, 0) is 49.4 Å². The van der Waals surface area contributed by atoms with E-state index in [4.69, 9.17) is 0 Å². The third kappa shape index (κ3) is 1.02. The van der Waals surface area contributed by atoms with Gasteiger partial charge in [0.15, 0.2) is 0 Å². The summed E-state index contributed by atoms with van der Waals surface area (Å²) in [6.45, 7) is 0. The maximum atomic E-state index is 11.3. The molecule has 0 N–H and O–H groups in total. The van der Waals surface area contributed by atoms with Crippen molar-refractivity contribution in [1.82, 2.24) is 0 Å². The lowest BCUT2D eigenvalue weighted by Gasteiger charge is -2.38. The molecule has 12 heavy (non-hydrogen) atoms. The second-order valence-corrected chi connectivity index (χ2v) is 5.32. The van der Waals surface area contributed by atoms with Crippen molar-refractivity contribution in [2.24, 2.45) is 17.3 Å². The van der Waals surface area contributed by atoms with Crippen molar-refractivity contribution in [2.45, 2.75) is 44.9 Å². The van der Waals surface area contributed by atoms with E-state index in [1.54, 1.807) is 0 Å². The molecule has 0 aliphatic heterocycles. The molecule has 0 aromatic heterocycles. The highest BCUT2D eigenvalue weighted by molar-refractivity contribution is 5.79. The summed E-state index contributed by atoms with van der Waals surface area (Å²) >= 11 is 0. The van der Waals surface area contributed by atoms with Crippen LogP contribution >= 0.6 is 0 Å². The largest absolute Gasteiger partial charge is 0.300 e. The van der Waals surface area contributed by atoms with Crippen LogP contribution in [0.1, 0.15) is 44.9 Å². The van der Waals surface area contributed by atoms with E-state index in [1.807, 2.05) is 0 Å². The number of hydrogen-bond acceptors (Lipinski definition) is 1. The number of carbonyl (C=O) groups is 1. The van der Waals surface area contributed by atoms with Gasteiger partial charge in [-0.2, -0.15) is 0 Å². The fourth-order valence-electron chi connectivity index (χ4n) is 3.57. The fourth-order valence-corrected chi connectivity index (χ4v) is 3.57. The Morgan fingerprint density at radius 1 is 1.08 bits per heavy atom. The van der Waals surface area contributed by atoms with E-state index < -0.39 is 0 Å². The van der Waals surface area contributed by atoms with Crippen molar-refractivity contribution in [3.8, 4) is 0 Å². The highest BCUT2D eigenvalue weighted by Gasteiger charge is 2.50. The van der Waals surface area contributed by atoms with Crippen LogP contribution in [0.3, 0.4) is 0 Å². The van der Waals surface area contributed by atoms with Crippen molar-refractivity contribution in [1.29, 1.82) is 0 Å². The van der Waals surface area contributed by atoms with Crippen LogP contribution in [0, 0.1) is 17.3 Å². The second kappa shape index (κ2) is 2.12. The molecule has 2 unspecified atom stereocenters. The van der Waals surface area contributed by atoms with Gasteiger partial charge < -0.3 is 0 Å². The Hall–Kier alpha value is -0.330. The third-order valence-electron chi connectivity index (χ3n) is 4.10. The van der Waals surface area contributed by atoms with Crippen LogP contribution in [0.5, 0.6) is 0 Å². The van der Waals surface area contributed by atoms with Crippen LogP contribution in [0.15, 0.2) is 0 Å². The van der Waals surface area contributed by atoms with Gasteiger partial charge >= 0.3 is 0 Å². The molecule has 0 aromatic rings. The van der Waals surface area contributed by atoms with Crippen LogP contribution in [-0.2, 0) is 4.79 Å². The van der Waals surface area contributed by atoms with Gasteiger partial charge in [0.1, 0.15) is 5.78 Å². The summed E-state index contributed by atoms with van der Waals surface area (Å²) < 4.78 is 0. The molecule has 1 nitrogen and oxygen atoms in total. The van der Waals surface area contributed by atoms with Crippen molar-refractivity contribution < 1.29 is 4.79 Å². The molecule has 3 aliphatic rings. The maximum absolute atomic E-state index is 11.3. The predicted octanol–water partition coefficient (Wildman–Crippen LogP) is 2.55. The summed E-state index contributed by atoms with van der Waals surface area (Å²) in [6.07, 6.45) is 8.90. The van der Waals surface area contributed by atoms with E-state index in [9.17, 15) is 4.79 Å². The van der Waals surface area contributed by atoms with Gasteiger partial charge in [0.25, 0.3) is 0 Å². The summed E-state index contributed by atoms with van der Waals surface area (Å²) in [5.41, 5.74) is 0.758. The number of carbonyl (C=O) groups excluding carboxylic acids is 1. The smallest absolute Gasteiger partial charge is 0.133 e. The Bertz CT molecular complexity index is 209. The Morgan fingerprint density at radius 2 is 1.67 bits per heavy atom. The minimum absolute atomic E-state index is 0.548. The Labute approximate surface area is 73.5 Å². The number of rotatable bonds is 0. The average molecular weight is 164 g/mol. The lowest BCUT2D eigenvalue weighted by Crippen LogP contribution is -2.31. The normalized spacial score (nSPS) is 43.2. The van der Waals surface area contributed by atoms with Crippen molar-refractivity contribution >= 4 is 5.78 Å². The first-order valence-electron chi connectivity index (χ1n) is 5.27. The lowest BCUT2D eigenvalue weighted by atomic mass is 9.66. The number of fused-ring (bicyclic) bond motifs is 2. The third-order valence-corrected chi connectivity index (χ3v) is 4.10. The van der Waals surface area contributed by atoms with Gasteiger partial charge in [-0.15, -0.1) is 0 Å². The van der Waals surface area contributed by atoms with Gasteiger partial charge in [-0.1, -0.05) is 0 Å². The first-order valence-corrected chi connectivity index (χ1v) is 5.27. The van der Waals surface area contributed by atoms with Gasteiger partial charge in [-0.25, -0.2) is 0 Å². The van der Waals surface area contributed by atoms with Gasteiger partial charge in [-0.3, -0.25) is 4.79 Å². The molecular weight excluding hydrogens is 148 g/mol. The minimum Gasteiger partial charge on any atom is -0.300 e. The van der Waals surface area contributed by atoms with E-state index in [1.165, 1.54) is 32.1 Å². The first kappa shape index (κ1) is 7.11. The van der Waals surface area contributed by atoms with Crippen LogP contribution < -0.4 is 0 Å². The molecular formula is C11H16O. The maximum Gasteiger partial charge on any atom is 0.133 e. The molecule has 66 valence electrons. The van der Waals surface area contributed by atoms with Crippen LogP contribution in [0.4, 0.5) is 0 Å². The molecule has 3 aliphatic carbocycles. The predicted molar refractivity (Wildman–Crippen MR) is 46.7 cm³/mol. The summed E-state index contributed by atoms with van der Waals surface area (Å²) in [4.78, 5) is 11.3. The van der Waals surface area contributed by atoms with Crippen molar-refractivity contribution in [3.05, 3.63) is 0 Å². The van der Waals surface area contributed by atoms with Crippen LogP contribution in [-0.4, -0.2) is 5.78 Å². The van der Waals surface area contributed by atoms with E-state index in [0.29, 0.717) is 5.78 Å². The minimum atomic E-state index is 0.548. The molecule has 3 fully saturated rings. The zero-order valence-corrected chi connectivity index (χ0v) is 7.51. The highest BCUT2D eigenvalue weighted by atomic mass is 16.1. The summed E-state index contributed by atoms with van der Waals surface area (Å²) in [5.74, 6) is 2.12. The van der Waals surface area contributed by atoms with Crippen molar-refractivity contribution in [2.75, 3.05) is 0 Å². The second-order valence-electron chi connectivity index (χ2n) is 5.32. The molecule has 0 amide bonds. The van der Waals surface area contributed by atoms with Gasteiger partial charge in [0.05, 0.1) is 0 Å². The zero-order valence-electron chi connectivity index (χ0n) is 7.51. The zero-order chi connectivity index (χ0) is 8.18. The SMILES string of the molecule is O=C1CC2CC(C1)CC1(CC1)C2. The Kier molecular flexibility index (Phi) is 1.26. The summed E-state index contributed by atoms with van der Waals surface area (Å²) in [7, 11) is 0. The van der Waals surface area contributed by atoms with Crippen LogP contribution in [0.25, 0.3) is 0 Å². The standard InChI is InChI=1S/C11H16O/c12-10-4-8-3-9(5-10)7-11(6-8)1-2-11/h8-9H,1-7H2. The molecule has 0 aromatic carbocycles. The molecule has 3 rings (SSSR count). The first-order chi connectivity index (χ1) is 5.76. The molecule has 1 spiro atoms. The van der Waals surface area contributed by atoms with Crippen LogP contribution in [0.2, 0.25) is 0 Å². The summed E-state index contributed by atoms with van der Waals surface area (Å²) in [5, 5.41) is 0. The summed E-state index contributed by atoms with van der Waals surface area (Å²) in [6, 6.07) is 0. The molecule has 2 bridgehead atoms. The van der Waals surface area contributed by atoms with E-state index in [-0.39, 0.29) is 0 Å². The fraction of sp³-hybridized carbons (Fsp3) is 0.909. The molecule has 3 saturated carbocycles. The molecule has 1 heteroatoms. The van der Waals surface area contributed by atoms with Gasteiger partial charge in [0, 0.05) is 12.8 Å². The Morgan fingerprint density at radius 3 is 2.17 bits per heavy atom. The topological polar surface area (TPSA) is 17.1 Å². The molecule has 0 radical (unpaired) electrons. The van der Waals surface area contributed by atoms with Gasteiger partial charge in [0.2, 0.25) is 0 Å². The van der Waals surface area contributed by atoms with E-state index in [2.05, 4.69) is 0 Å². The monoisotopic (exact) mass is 164 g/mol.